The number of benzene rings is 1. The SMILES string of the molecule is COc1ccc(C(O)CNn2c(C)ccc2C)cc1. The first-order chi connectivity index (χ1) is 9.11. The molecule has 4 nitrogen and oxygen atoms in total. The lowest BCUT2D eigenvalue weighted by atomic mass is 10.1. The van der Waals surface area contributed by atoms with Gasteiger partial charge < -0.3 is 15.3 Å². The molecule has 1 aromatic carbocycles. The van der Waals surface area contributed by atoms with E-state index in [-0.39, 0.29) is 0 Å². The topological polar surface area (TPSA) is 46.4 Å². The summed E-state index contributed by atoms with van der Waals surface area (Å²) in [5.41, 5.74) is 6.34. The van der Waals surface area contributed by atoms with E-state index in [4.69, 9.17) is 4.74 Å². The molecule has 1 unspecified atom stereocenters. The summed E-state index contributed by atoms with van der Waals surface area (Å²) in [6.45, 7) is 4.52. The zero-order valence-corrected chi connectivity index (χ0v) is 11.6. The van der Waals surface area contributed by atoms with Gasteiger partial charge in [-0.05, 0) is 43.7 Å². The minimum absolute atomic E-state index is 0.461. The van der Waals surface area contributed by atoms with Crippen LogP contribution in [0.25, 0.3) is 0 Å². The lowest BCUT2D eigenvalue weighted by molar-refractivity contribution is 0.188. The summed E-state index contributed by atoms with van der Waals surface area (Å²) in [5, 5.41) is 10.1. The summed E-state index contributed by atoms with van der Waals surface area (Å²) in [6, 6.07) is 11.5. The number of methoxy groups -OCH3 is 1. The van der Waals surface area contributed by atoms with Crippen molar-refractivity contribution < 1.29 is 9.84 Å². The van der Waals surface area contributed by atoms with E-state index >= 15 is 0 Å². The van der Waals surface area contributed by atoms with Gasteiger partial charge in [-0.2, -0.15) is 0 Å². The van der Waals surface area contributed by atoms with Crippen LogP contribution in [-0.2, 0) is 0 Å². The molecule has 102 valence electrons. The van der Waals surface area contributed by atoms with Gasteiger partial charge in [-0.3, -0.25) is 4.68 Å². The standard InChI is InChI=1S/C15H20N2O2/c1-11-4-5-12(2)17(11)16-10-15(18)13-6-8-14(19-3)9-7-13/h4-9,15-16,18H,10H2,1-3H3. The van der Waals surface area contributed by atoms with Crippen molar-refractivity contribution in [2.75, 3.05) is 19.1 Å². The van der Waals surface area contributed by atoms with E-state index < -0.39 is 6.10 Å². The summed E-state index contributed by atoms with van der Waals surface area (Å²) < 4.78 is 7.08. The van der Waals surface area contributed by atoms with Gasteiger partial charge in [0.2, 0.25) is 0 Å². The largest absolute Gasteiger partial charge is 0.497 e. The summed E-state index contributed by atoms with van der Waals surface area (Å²) in [6.07, 6.45) is -0.549. The lowest BCUT2D eigenvalue weighted by Gasteiger charge is -2.17. The van der Waals surface area contributed by atoms with Gasteiger partial charge in [0.1, 0.15) is 5.75 Å². The summed E-state index contributed by atoms with van der Waals surface area (Å²) in [5.74, 6) is 0.793. The van der Waals surface area contributed by atoms with Crippen molar-refractivity contribution in [1.29, 1.82) is 0 Å². The lowest BCUT2D eigenvalue weighted by Crippen LogP contribution is -2.23. The van der Waals surface area contributed by atoms with Crippen molar-refractivity contribution >= 4 is 0 Å². The van der Waals surface area contributed by atoms with E-state index in [0.717, 1.165) is 22.7 Å². The number of nitrogens with one attached hydrogen (secondary N) is 1. The van der Waals surface area contributed by atoms with Gasteiger partial charge in [0.05, 0.1) is 19.8 Å². The maximum atomic E-state index is 10.1. The van der Waals surface area contributed by atoms with E-state index in [9.17, 15) is 5.11 Å². The van der Waals surface area contributed by atoms with Gasteiger partial charge in [-0.15, -0.1) is 0 Å². The minimum atomic E-state index is -0.549. The third-order valence-electron chi connectivity index (χ3n) is 3.21. The second-order valence-electron chi connectivity index (χ2n) is 4.60. The van der Waals surface area contributed by atoms with Crippen LogP contribution in [0, 0.1) is 13.8 Å². The molecule has 0 radical (unpaired) electrons. The Labute approximate surface area is 113 Å². The number of nitrogens with zero attached hydrogens (tertiary/aromatic N) is 1. The highest BCUT2D eigenvalue weighted by atomic mass is 16.5. The number of aromatic nitrogens is 1. The molecule has 0 fully saturated rings. The molecule has 2 rings (SSSR count). The molecule has 19 heavy (non-hydrogen) atoms. The fraction of sp³-hybridized carbons (Fsp3) is 0.333. The molecule has 0 saturated heterocycles. The van der Waals surface area contributed by atoms with Crippen molar-refractivity contribution in [1.82, 2.24) is 4.68 Å². The summed E-state index contributed by atoms with van der Waals surface area (Å²) in [7, 11) is 1.63. The third kappa shape index (κ3) is 3.09. The van der Waals surface area contributed by atoms with Gasteiger partial charge in [-0.1, -0.05) is 12.1 Å². The van der Waals surface area contributed by atoms with E-state index in [0.29, 0.717) is 6.54 Å². The molecule has 0 aliphatic carbocycles. The number of aryl methyl sites for hydroxylation is 2. The molecule has 0 spiro atoms. The number of rotatable bonds is 5. The Morgan fingerprint density at radius 1 is 1.11 bits per heavy atom. The molecule has 1 atom stereocenters. The first kappa shape index (κ1) is 13.5. The zero-order valence-electron chi connectivity index (χ0n) is 11.6. The Bertz CT molecular complexity index is 512. The molecule has 2 aromatic rings. The molecule has 0 aliphatic rings. The second-order valence-corrected chi connectivity index (χ2v) is 4.60. The Kier molecular flexibility index (Phi) is 4.12. The van der Waals surface area contributed by atoms with Gasteiger partial charge >= 0.3 is 0 Å². The van der Waals surface area contributed by atoms with E-state index in [1.165, 1.54) is 0 Å². The van der Waals surface area contributed by atoms with Crippen LogP contribution < -0.4 is 10.2 Å². The first-order valence-corrected chi connectivity index (χ1v) is 6.32. The van der Waals surface area contributed by atoms with Crippen molar-refractivity contribution in [3.8, 4) is 5.75 Å². The molecule has 1 heterocycles. The van der Waals surface area contributed by atoms with Crippen LogP contribution in [-0.4, -0.2) is 23.4 Å². The summed E-state index contributed by atoms with van der Waals surface area (Å²) >= 11 is 0. The monoisotopic (exact) mass is 260 g/mol. The van der Waals surface area contributed by atoms with Crippen LogP contribution in [0.2, 0.25) is 0 Å². The van der Waals surface area contributed by atoms with Crippen molar-refractivity contribution in [2.45, 2.75) is 20.0 Å². The molecule has 1 aromatic heterocycles. The van der Waals surface area contributed by atoms with Crippen molar-refractivity contribution in [3.63, 3.8) is 0 Å². The third-order valence-corrected chi connectivity index (χ3v) is 3.21. The number of hydrogen-bond donors (Lipinski definition) is 2. The Balaban J connectivity index is 1.99. The predicted molar refractivity (Wildman–Crippen MR) is 76.1 cm³/mol. The van der Waals surface area contributed by atoms with E-state index in [1.54, 1.807) is 7.11 Å². The average molecular weight is 260 g/mol. The van der Waals surface area contributed by atoms with Gasteiger partial charge in [-0.25, -0.2) is 0 Å². The number of aliphatic hydroxyl groups is 1. The first-order valence-electron chi connectivity index (χ1n) is 6.32. The number of aliphatic hydroxyl groups excluding tert-OH is 1. The minimum Gasteiger partial charge on any atom is -0.497 e. The normalized spacial score (nSPS) is 12.2. The molecule has 0 bridgehead atoms. The molecule has 0 saturated carbocycles. The number of ether oxygens (including phenoxy) is 1. The van der Waals surface area contributed by atoms with E-state index in [1.807, 2.05) is 54.9 Å². The molecule has 0 amide bonds. The Hall–Kier alpha value is -1.94. The van der Waals surface area contributed by atoms with E-state index in [2.05, 4.69) is 5.43 Å². The van der Waals surface area contributed by atoms with Crippen LogP contribution in [0.5, 0.6) is 5.75 Å². The molecular weight excluding hydrogens is 240 g/mol. The number of hydrogen-bond acceptors (Lipinski definition) is 3. The highest BCUT2D eigenvalue weighted by Crippen LogP contribution is 2.17. The fourth-order valence-corrected chi connectivity index (χ4v) is 2.04. The molecule has 2 N–H and O–H groups in total. The van der Waals surface area contributed by atoms with Gasteiger partial charge in [0.25, 0.3) is 0 Å². The van der Waals surface area contributed by atoms with Crippen molar-refractivity contribution in [2.24, 2.45) is 0 Å². The predicted octanol–water partition coefficient (Wildman–Crippen LogP) is 2.39. The van der Waals surface area contributed by atoms with Crippen LogP contribution >= 0.6 is 0 Å². The van der Waals surface area contributed by atoms with Crippen molar-refractivity contribution in [3.05, 3.63) is 53.3 Å². The molecule has 4 heteroatoms. The Morgan fingerprint density at radius 2 is 1.68 bits per heavy atom. The highest BCUT2D eigenvalue weighted by molar-refractivity contribution is 5.28. The fourth-order valence-electron chi connectivity index (χ4n) is 2.04. The molecule has 0 aliphatic heterocycles. The van der Waals surface area contributed by atoms with Gasteiger partial charge in [0.15, 0.2) is 0 Å². The highest BCUT2D eigenvalue weighted by Gasteiger charge is 2.08. The Morgan fingerprint density at radius 3 is 2.21 bits per heavy atom. The van der Waals surface area contributed by atoms with Gasteiger partial charge in [0, 0.05) is 11.4 Å². The molecular formula is C15H20N2O2. The average Bonchev–Trinajstić information content (AvgIpc) is 2.75. The summed E-state index contributed by atoms with van der Waals surface area (Å²) in [4.78, 5) is 0. The van der Waals surface area contributed by atoms with Crippen LogP contribution in [0.3, 0.4) is 0 Å². The smallest absolute Gasteiger partial charge is 0.118 e. The zero-order chi connectivity index (χ0) is 13.8. The second kappa shape index (κ2) is 5.80. The quantitative estimate of drug-likeness (QED) is 0.867. The van der Waals surface area contributed by atoms with Crippen LogP contribution in [0.15, 0.2) is 36.4 Å². The maximum Gasteiger partial charge on any atom is 0.118 e. The van der Waals surface area contributed by atoms with Crippen LogP contribution in [0.4, 0.5) is 0 Å². The van der Waals surface area contributed by atoms with Crippen LogP contribution in [0.1, 0.15) is 23.1 Å². The maximum absolute atomic E-state index is 10.1.